The minimum atomic E-state index is -0.201. The Kier molecular flexibility index (Phi) is 5.61. The Morgan fingerprint density at radius 2 is 2.43 bits per heavy atom. The number of hydrogen-bond acceptors (Lipinski definition) is 4. The zero-order valence-corrected chi connectivity index (χ0v) is 12.0. The normalized spacial score (nSPS) is 17.5. The zero-order valence-electron chi connectivity index (χ0n) is 12.0. The van der Waals surface area contributed by atoms with Crippen LogP contribution >= 0.6 is 0 Å². The lowest BCUT2D eigenvalue weighted by Crippen LogP contribution is -2.30. The second-order valence-corrected chi connectivity index (χ2v) is 4.78. The molecular formula is C16H19NO4. The van der Waals surface area contributed by atoms with Gasteiger partial charge >= 0.3 is 0 Å². The monoisotopic (exact) mass is 289 g/mol. The van der Waals surface area contributed by atoms with Crippen LogP contribution in [-0.2, 0) is 9.53 Å². The number of methoxy groups -OCH3 is 1. The largest absolute Gasteiger partial charge is 0.495 e. The van der Waals surface area contributed by atoms with E-state index in [0.29, 0.717) is 23.6 Å². The number of aliphatic hydroxyl groups excluding tert-OH is 1. The maximum absolute atomic E-state index is 12.2. The molecule has 0 radical (unpaired) electrons. The number of ether oxygens (including phenoxy) is 2. The molecule has 0 bridgehead atoms. The van der Waals surface area contributed by atoms with Gasteiger partial charge in [-0.2, -0.15) is 0 Å². The minimum Gasteiger partial charge on any atom is -0.495 e. The minimum absolute atomic E-state index is 0.0692. The van der Waals surface area contributed by atoms with Gasteiger partial charge in [0.1, 0.15) is 12.4 Å². The lowest BCUT2D eigenvalue weighted by atomic mass is 10.0. The SMILES string of the molecule is COc1ccc(C#CCO)cc1NC(=O)C1CCCOC1. The number of amides is 1. The van der Waals surface area contributed by atoms with Gasteiger partial charge in [0.25, 0.3) is 0 Å². The van der Waals surface area contributed by atoms with Gasteiger partial charge < -0.3 is 19.9 Å². The first-order valence-corrected chi connectivity index (χ1v) is 6.91. The Balaban J connectivity index is 2.14. The van der Waals surface area contributed by atoms with Gasteiger partial charge in [-0.15, -0.1) is 0 Å². The Morgan fingerprint density at radius 1 is 1.57 bits per heavy atom. The molecule has 5 nitrogen and oxygen atoms in total. The van der Waals surface area contributed by atoms with E-state index in [1.54, 1.807) is 25.3 Å². The quantitative estimate of drug-likeness (QED) is 0.826. The summed E-state index contributed by atoms with van der Waals surface area (Å²) in [5, 5.41) is 11.6. The molecule has 5 heteroatoms. The lowest BCUT2D eigenvalue weighted by Gasteiger charge is -2.21. The summed E-state index contributed by atoms with van der Waals surface area (Å²) in [6.07, 6.45) is 1.73. The van der Waals surface area contributed by atoms with Crippen molar-refractivity contribution in [3.05, 3.63) is 23.8 Å². The third kappa shape index (κ3) is 4.22. The van der Waals surface area contributed by atoms with Gasteiger partial charge in [0.2, 0.25) is 5.91 Å². The van der Waals surface area contributed by atoms with E-state index in [9.17, 15) is 4.79 Å². The van der Waals surface area contributed by atoms with Gasteiger partial charge in [-0.1, -0.05) is 11.8 Å². The van der Waals surface area contributed by atoms with Crippen LogP contribution in [0, 0.1) is 17.8 Å². The van der Waals surface area contributed by atoms with Gasteiger partial charge in [0.15, 0.2) is 0 Å². The Labute approximate surface area is 124 Å². The Hall–Kier alpha value is -2.03. The van der Waals surface area contributed by atoms with E-state index in [2.05, 4.69) is 17.2 Å². The second-order valence-electron chi connectivity index (χ2n) is 4.78. The van der Waals surface area contributed by atoms with Crippen LogP contribution in [0.15, 0.2) is 18.2 Å². The Bertz CT molecular complexity index is 553. The van der Waals surface area contributed by atoms with Crippen molar-refractivity contribution in [1.82, 2.24) is 0 Å². The van der Waals surface area contributed by atoms with Crippen molar-refractivity contribution in [2.45, 2.75) is 12.8 Å². The highest BCUT2D eigenvalue weighted by Crippen LogP contribution is 2.26. The van der Waals surface area contributed by atoms with Crippen LogP contribution in [0.1, 0.15) is 18.4 Å². The van der Waals surface area contributed by atoms with E-state index in [-0.39, 0.29) is 18.4 Å². The highest BCUT2D eigenvalue weighted by molar-refractivity contribution is 5.94. The second kappa shape index (κ2) is 7.67. The lowest BCUT2D eigenvalue weighted by molar-refractivity contribution is -0.123. The number of anilines is 1. The predicted octanol–water partition coefficient (Wildman–Crippen LogP) is 1.40. The van der Waals surface area contributed by atoms with Gasteiger partial charge in [0.05, 0.1) is 25.3 Å². The van der Waals surface area contributed by atoms with Crippen LogP contribution in [0.4, 0.5) is 5.69 Å². The molecule has 1 aromatic carbocycles. The molecule has 1 fully saturated rings. The molecule has 2 N–H and O–H groups in total. The number of aliphatic hydroxyl groups is 1. The van der Waals surface area contributed by atoms with Gasteiger partial charge in [-0.05, 0) is 31.0 Å². The summed E-state index contributed by atoms with van der Waals surface area (Å²) in [6, 6.07) is 5.26. The first-order chi connectivity index (χ1) is 10.2. The van der Waals surface area contributed by atoms with Crippen molar-refractivity contribution < 1.29 is 19.4 Å². The molecule has 0 saturated carbocycles. The summed E-state index contributed by atoms with van der Waals surface area (Å²) in [5.41, 5.74) is 1.29. The summed E-state index contributed by atoms with van der Waals surface area (Å²) < 4.78 is 10.6. The maximum atomic E-state index is 12.2. The smallest absolute Gasteiger partial charge is 0.229 e. The number of hydrogen-bond donors (Lipinski definition) is 2. The van der Waals surface area contributed by atoms with Crippen molar-refractivity contribution in [2.24, 2.45) is 5.92 Å². The molecule has 1 saturated heterocycles. The Morgan fingerprint density at radius 3 is 3.10 bits per heavy atom. The molecule has 21 heavy (non-hydrogen) atoms. The summed E-state index contributed by atoms with van der Waals surface area (Å²) in [6.45, 7) is 0.977. The van der Waals surface area contributed by atoms with E-state index in [0.717, 1.165) is 19.4 Å². The number of carbonyl (C=O) groups is 1. The molecule has 0 spiro atoms. The van der Waals surface area contributed by atoms with Crippen LogP contribution in [0.25, 0.3) is 0 Å². The summed E-state index contributed by atoms with van der Waals surface area (Å²) >= 11 is 0. The molecule has 1 amide bonds. The average molecular weight is 289 g/mol. The van der Waals surface area contributed by atoms with Crippen LogP contribution in [0.5, 0.6) is 5.75 Å². The van der Waals surface area contributed by atoms with Crippen LogP contribution in [-0.4, -0.2) is 37.9 Å². The number of benzene rings is 1. The molecule has 1 aliphatic heterocycles. The molecular weight excluding hydrogens is 270 g/mol. The van der Waals surface area contributed by atoms with E-state index in [1.165, 1.54) is 0 Å². The number of rotatable bonds is 3. The topological polar surface area (TPSA) is 67.8 Å². The highest BCUT2D eigenvalue weighted by Gasteiger charge is 2.22. The van der Waals surface area contributed by atoms with Crippen molar-refractivity contribution in [3.8, 4) is 17.6 Å². The van der Waals surface area contributed by atoms with E-state index in [1.807, 2.05) is 0 Å². The number of carbonyl (C=O) groups excluding carboxylic acids is 1. The van der Waals surface area contributed by atoms with Crippen molar-refractivity contribution in [1.29, 1.82) is 0 Å². The molecule has 1 aromatic rings. The van der Waals surface area contributed by atoms with Crippen molar-refractivity contribution in [2.75, 3.05) is 32.2 Å². The zero-order chi connectivity index (χ0) is 15.1. The molecule has 112 valence electrons. The van der Waals surface area contributed by atoms with E-state index < -0.39 is 0 Å². The first-order valence-electron chi connectivity index (χ1n) is 6.91. The number of nitrogens with one attached hydrogen (secondary N) is 1. The standard InChI is InChI=1S/C16H19NO4/c1-20-15-7-6-12(4-2-8-18)10-14(15)17-16(19)13-5-3-9-21-11-13/h6-7,10,13,18H,3,5,8-9,11H2,1H3,(H,17,19). The molecule has 1 unspecified atom stereocenters. The highest BCUT2D eigenvalue weighted by atomic mass is 16.5. The fourth-order valence-corrected chi connectivity index (χ4v) is 2.21. The summed E-state index contributed by atoms with van der Waals surface area (Å²) in [4.78, 5) is 12.2. The first kappa shape index (κ1) is 15.4. The fourth-order valence-electron chi connectivity index (χ4n) is 2.21. The molecule has 0 aromatic heterocycles. The maximum Gasteiger partial charge on any atom is 0.229 e. The van der Waals surface area contributed by atoms with Gasteiger partial charge in [-0.3, -0.25) is 4.79 Å². The fraction of sp³-hybridized carbons (Fsp3) is 0.438. The van der Waals surface area contributed by atoms with Crippen LogP contribution < -0.4 is 10.1 Å². The van der Waals surface area contributed by atoms with Gasteiger partial charge in [0, 0.05) is 12.2 Å². The van der Waals surface area contributed by atoms with E-state index in [4.69, 9.17) is 14.6 Å². The summed E-state index contributed by atoms with van der Waals surface area (Å²) in [5.74, 6) is 5.77. The van der Waals surface area contributed by atoms with Gasteiger partial charge in [-0.25, -0.2) is 0 Å². The molecule has 1 heterocycles. The molecule has 2 rings (SSSR count). The molecule has 0 aliphatic carbocycles. The molecule has 1 aliphatic rings. The molecule has 1 atom stereocenters. The van der Waals surface area contributed by atoms with E-state index >= 15 is 0 Å². The van der Waals surface area contributed by atoms with Crippen LogP contribution in [0.2, 0.25) is 0 Å². The average Bonchev–Trinajstić information content (AvgIpc) is 2.54. The third-order valence-electron chi connectivity index (χ3n) is 3.30. The third-order valence-corrected chi connectivity index (χ3v) is 3.30. The van der Waals surface area contributed by atoms with Crippen molar-refractivity contribution >= 4 is 11.6 Å². The summed E-state index contributed by atoms with van der Waals surface area (Å²) in [7, 11) is 1.55. The van der Waals surface area contributed by atoms with Crippen LogP contribution in [0.3, 0.4) is 0 Å². The van der Waals surface area contributed by atoms with Crippen molar-refractivity contribution in [3.63, 3.8) is 0 Å². The predicted molar refractivity (Wildman–Crippen MR) is 79.1 cm³/mol.